The lowest BCUT2D eigenvalue weighted by molar-refractivity contribution is 0.242. The zero-order valence-corrected chi connectivity index (χ0v) is 13.3. The first-order valence-electron chi connectivity index (χ1n) is 7.20. The molecule has 3 rings (SSSR count). The van der Waals surface area contributed by atoms with E-state index >= 15 is 0 Å². The summed E-state index contributed by atoms with van der Waals surface area (Å²) in [6.45, 7) is 4.02. The number of aromatic nitrogens is 2. The predicted molar refractivity (Wildman–Crippen MR) is 90.2 cm³/mol. The molecule has 0 saturated carbocycles. The molecule has 112 valence electrons. The minimum Gasteiger partial charge on any atom is -0.491 e. The van der Waals surface area contributed by atoms with Crippen molar-refractivity contribution in [3.05, 3.63) is 59.9 Å². The van der Waals surface area contributed by atoms with E-state index in [1.807, 2.05) is 62.5 Å². The molecule has 3 aromatic rings. The zero-order valence-electron chi connectivity index (χ0n) is 12.5. The highest BCUT2D eigenvalue weighted by Gasteiger charge is 2.13. The van der Waals surface area contributed by atoms with Crippen LogP contribution in [-0.4, -0.2) is 16.1 Å². The van der Waals surface area contributed by atoms with E-state index in [1.165, 1.54) is 0 Å². The van der Waals surface area contributed by atoms with Crippen LogP contribution in [0.1, 0.15) is 13.8 Å². The summed E-state index contributed by atoms with van der Waals surface area (Å²) in [5.41, 5.74) is 2.97. The van der Waals surface area contributed by atoms with Crippen molar-refractivity contribution in [2.45, 2.75) is 20.0 Å². The number of nitrogens with zero attached hydrogens (tertiary/aromatic N) is 1. The van der Waals surface area contributed by atoms with E-state index in [4.69, 9.17) is 16.3 Å². The Morgan fingerprint density at radius 1 is 1.05 bits per heavy atom. The summed E-state index contributed by atoms with van der Waals surface area (Å²) in [6, 6.07) is 13.8. The maximum Gasteiger partial charge on any atom is 0.138 e. The van der Waals surface area contributed by atoms with Crippen LogP contribution < -0.4 is 4.74 Å². The van der Waals surface area contributed by atoms with Crippen molar-refractivity contribution in [2.75, 3.05) is 0 Å². The SMILES string of the molecule is CC(C)Oc1ccc(-c2ccccc2Cl)c(-c2ncc[nH]2)c1. The third kappa shape index (κ3) is 3.00. The summed E-state index contributed by atoms with van der Waals surface area (Å²) < 4.78 is 5.80. The number of rotatable bonds is 4. The minimum atomic E-state index is 0.121. The molecule has 0 radical (unpaired) electrons. The molecule has 2 aromatic carbocycles. The number of H-pyrrole nitrogens is 1. The van der Waals surface area contributed by atoms with E-state index < -0.39 is 0 Å². The molecule has 0 aliphatic rings. The lowest BCUT2D eigenvalue weighted by Gasteiger charge is -2.14. The van der Waals surface area contributed by atoms with Crippen molar-refractivity contribution in [1.29, 1.82) is 0 Å². The van der Waals surface area contributed by atoms with Crippen LogP contribution in [-0.2, 0) is 0 Å². The van der Waals surface area contributed by atoms with Gasteiger partial charge >= 0.3 is 0 Å². The second kappa shape index (κ2) is 6.24. The molecule has 22 heavy (non-hydrogen) atoms. The average molecular weight is 313 g/mol. The number of aromatic amines is 1. The summed E-state index contributed by atoms with van der Waals surface area (Å²) in [5.74, 6) is 1.61. The second-order valence-corrected chi connectivity index (χ2v) is 5.70. The van der Waals surface area contributed by atoms with Gasteiger partial charge in [-0.1, -0.05) is 29.8 Å². The molecule has 0 saturated heterocycles. The van der Waals surface area contributed by atoms with Crippen molar-refractivity contribution >= 4 is 11.6 Å². The lowest BCUT2D eigenvalue weighted by atomic mass is 9.99. The first-order valence-corrected chi connectivity index (χ1v) is 7.58. The average Bonchev–Trinajstić information content (AvgIpc) is 3.01. The number of ether oxygens (including phenoxy) is 1. The van der Waals surface area contributed by atoms with Crippen molar-refractivity contribution in [2.24, 2.45) is 0 Å². The highest BCUT2D eigenvalue weighted by atomic mass is 35.5. The van der Waals surface area contributed by atoms with Gasteiger partial charge in [-0.2, -0.15) is 0 Å². The maximum atomic E-state index is 6.35. The van der Waals surface area contributed by atoms with Crippen LogP contribution in [0.4, 0.5) is 0 Å². The molecule has 1 heterocycles. The van der Waals surface area contributed by atoms with E-state index in [0.717, 1.165) is 28.3 Å². The minimum absolute atomic E-state index is 0.121. The van der Waals surface area contributed by atoms with Crippen LogP contribution in [0.5, 0.6) is 5.75 Å². The molecule has 0 amide bonds. The topological polar surface area (TPSA) is 37.9 Å². The molecular formula is C18H17ClN2O. The fraction of sp³-hybridized carbons (Fsp3) is 0.167. The van der Waals surface area contributed by atoms with Crippen molar-refractivity contribution in [3.8, 4) is 28.3 Å². The van der Waals surface area contributed by atoms with Crippen LogP contribution in [0.25, 0.3) is 22.5 Å². The Labute approximate surface area is 134 Å². The number of hydrogen-bond acceptors (Lipinski definition) is 2. The maximum absolute atomic E-state index is 6.35. The van der Waals surface area contributed by atoms with Crippen LogP contribution in [0.15, 0.2) is 54.9 Å². The van der Waals surface area contributed by atoms with Crippen LogP contribution >= 0.6 is 11.6 Å². The lowest BCUT2D eigenvalue weighted by Crippen LogP contribution is -2.05. The Balaban J connectivity index is 2.16. The molecule has 3 nitrogen and oxygen atoms in total. The molecule has 0 spiro atoms. The normalized spacial score (nSPS) is 10.9. The number of halogens is 1. The van der Waals surface area contributed by atoms with Gasteiger partial charge in [0.25, 0.3) is 0 Å². The van der Waals surface area contributed by atoms with Gasteiger partial charge < -0.3 is 9.72 Å². The number of nitrogens with one attached hydrogen (secondary N) is 1. The van der Waals surface area contributed by atoms with Gasteiger partial charge in [0.2, 0.25) is 0 Å². The van der Waals surface area contributed by atoms with Crippen molar-refractivity contribution in [1.82, 2.24) is 9.97 Å². The van der Waals surface area contributed by atoms with Crippen LogP contribution in [0.3, 0.4) is 0 Å². The summed E-state index contributed by atoms with van der Waals surface area (Å²) in [6.07, 6.45) is 3.67. The monoisotopic (exact) mass is 312 g/mol. The molecule has 0 bridgehead atoms. The Morgan fingerprint density at radius 3 is 2.55 bits per heavy atom. The molecule has 0 aliphatic carbocycles. The van der Waals surface area contributed by atoms with E-state index in [0.29, 0.717) is 5.02 Å². The Morgan fingerprint density at radius 2 is 1.86 bits per heavy atom. The molecular weight excluding hydrogens is 296 g/mol. The molecule has 0 atom stereocenters. The van der Waals surface area contributed by atoms with Gasteiger partial charge in [0.15, 0.2) is 0 Å². The van der Waals surface area contributed by atoms with E-state index in [-0.39, 0.29) is 6.10 Å². The van der Waals surface area contributed by atoms with Crippen LogP contribution in [0.2, 0.25) is 5.02 Å². The molecule has 0 fully saturated rings. The molecule has 1 N–H and O–H groups in total. The Bertz CT molecular complexity index is 767. The van der Waals surface area contributed by atoms with Gasteiger partial charge in [0.1, 0.15) is 11.6 Å². The van der Waals surface area contributed by atoms with E-state index in [2.05, 4.69) is 9.97 Å². The highest BCUT2D eigenvalue weighted by molar-refractivity contribution is 6.33. The third-order valence-corrected chi connectivity index (χ3v) is 3.61. The summed E-state index contributed by atoms with van der Waals surface area (Å²) in [4.78, 5) is 7.52. The largest absolute Gasteiger partial charge is 0.491 e. The summed E-state index contributed by atoms with van der Waals surface area (Å²) in [5, 5.41) is 0.716. The third-order valence-electron chi connectivity index (χ3n) is 3.28. The fourth-order valence-corrected chi connectivity index (χ4v) is 2.63. The smallest absolute Gasteiger partial charge is 0.138 e. The van der Waals surface area contributed by atoms with Gasteiger partial charge in [-0.15, -0.1) is 0 Å². The van der Waals surface area contributed by atoms with Gasteiger partial charge in [-0.3, -0.25) is 0 Å². The second-order valence-electron chi connectivity index (χ2n) is 5.29. The Kier molecular flexibility index (Phi) is 4.16. The van der Waals surface area contributed by atoms with Gasteiger partial charge in [0, 0.05) is 28.5 Å². The molecule has 0 unspecified atom stereocenters. The molecule has 0 aliphatic heterocycles. The van der Waals surface area contributed by atoms with Crippen molar-refractivity contribution in [3.63, 3.8) is 0 Å². The van der Waals surface area contributed by atoms with Gasteiger partial charge in [0.05, 0.1) is 6.10 Å². The van der Waals surface area contributed by atoms with Crippen molar-refractivity contribution < 1.29 is 4.74 Å². The highest BCUT2D eigenvalue weighted by Crippen LogP contribution is 2.36. The first-order chi connectivity index (χ1) is 10.6. The summed E-state index contributed by atoms with van der Waals surface area (Å²) in [7, 11) is 0. The standard InChI is InChI=1S/C18H17ClN2O/c1-12(2)22-13-7-8-14(15-5-3-4-6-17(15)19)16(11-13)18-20-9-10-21-18/h3-12H,1-2H3,(H,20,21). The van der Waals surface area contributed by atoms with Crippen LogP contribution in [0, 0.1) is 0 Å². The zero-order chi connectivity index (χ0) is 15.5. The van der Waals surface area contributed by atoms with E-state index in [1.54, 1.807) is 6.20 Å². The molecule has 1 aromatic heterocycles. The van der Waals surface area contributed by atoms with Gasteiger partial charge in [-0.05, 0) is 43.7 Å². The van der Waals surface area contributed by atoms with Gasteiger partial charge in [-0.25, -0.2) is 4.98 Å². The molecule has 4 heteroatoms. The summed E-state index contributed by atoms with van der Waals surface area (Å²) >= 11 is 6.35. The quantitative estimate of drug-likeness (QED) is 0.720. The predicted octanol–water partition coefficient (Wildman–Crippen LogP) is 5.18. The number of benzene rings is 2. The first kappa shape index (κ1) is 14.7. The number of hydrogen-bond donors (Lipinski definition) is 1. The number of imidazole rings is 1. The Hall–Kier alpha value is -2.26. The fourth-order valence-electron chi connectivity index (χ4n) is 2.39. The van der Waals surface area contributed by atoms with E-state index in [9.17, 15) is 0 Å².